The van der Waals surface area contributed by atoms with Gasteiger partial charge in [0.25, 0.3) is 0 Å². The minimum atomic E-state index is 0.437. The summed E-state index contributed by atoms with van der Waals surface area (Å²) in [6.45, 7) is 5.55. The maximum absolute atomic E-state index is 4.34. The summed E-state index contributed by atoms with van der Waals surface area (Å²) in [4.78, 5) is 0. The Kier molecular flexibility index (Phi) is 4.26. The third-order valence-electron chi connectivity index (χ3n) is 3.86. The molecule has 3 atom stereocenters. The highest BCUT2D eigenvalue weighted by Crippen LogP contribution is 2.40. The van der Waals surface area contributed by atoms with E-state index in [0.717, 1.165) is 22.9 Å². The van der Waals surface area contributed by atoms with Crippen molar-refractivity contribution in [1.82, 2.24) is 15.1 Å². The van der Waals surface area contributed by atoms with Crippen molar-refractivity contribution in [3.05, 3.63) is 16.4 Å². The molecule has 1 heterocycles. The van der Waals surface area contributed by atoms with Crippen LogP contribution in [0, 0.1) is 11.8 Å². The van der Waals surface area contributed by atoms with Crippen molar-refractivity contribution in [2.24, 2.45) is 18.9 Å². The second-order valence-electron chi connectivity index (χ2n) is 5.22. The van der Waals surface area contributed by atoms with Gasteiger partial charge in [-0.25, -0.2) is 0 Å². The van der Waals surface area contributed by atoms with Crippen LogP contribution in [0.25, 0.3) is 0 Å². The fraction of sp³-hybridized carbons (Fsp3) is 0.769. The van der Waals surface area contributed by atoms with Crippen LogP contribution in [0.15, 0.2) is 10.7 Å². The van der Waals surface area contributed by atoms with Gasteiger partial charge >= 0.3 is 0 Å². The molecule has 1 aliphatic rings. The first-order valence-corrected chi connectivity index (χ1v) is 7.33. The second kappa shape index (κ2) is 5.53. The lowest BCUT2D eigenvalue weighted by Crippen LogP contribution is -2.29. The molecule has 0 bridgehead atoms. The molecule has 1 aromatic heterocycles. The van der Waals surface area contributed by atoms with Crippen molar-refractivity contribution in [3.63, 3.8) is 0 Å². The van der Waals surface area contributed by atoms with Crippen LogP contribution in [0.3, 0.4) is 0 Å². The number of hydrogen-bond donors (Lipinski definition) is 1. The van der Waals surface area contributed by atoms with Crippen LogP contribution in [-0.2, 0) is 7.05 Å². The minimum Gasteiger partial charge on any atom is -0.309 e. The van der Waals surface area contributed by atoms with Crippen LogP contribution >= 0.6 is 15.9 Å². The fourth-order valence-corrected chi connectivity index (χ4v) is 3.63. The zero-order valence-electron chi connectivity index (χ0n) is 10.9. The van der Waals surface area contributed by atoms with E-state index < -0.39 is 0 Å². The van der Waals surface area contributed by atoms with Crippen LogP contribution in [-0.4, -0.2) is 16.3 Å². The summed E-state index contributed by atoms with van der Waals surface area (Å²) in [6, 6.07) is 0.437. The summed E-state index contributed by atoms with van der Waals surface area (Å²) in [7, 11) is 2.03. The Bertz CT molecular complexity index is 355. The van der Waals surface area contributed by atoms with Crippen molar-refractivity contribution in [2.45, 2.75) is 39.2 Å². The molecule has 0 radical (unpaired) electrons. The number of nitrogens with zero attached hydrogens (tertiary/aromatic N) is 2. The Balaban J connectivity index is 2.23. The zero-order chi connectivity index (χ0) is 12.4. The number of aryl methyl sites for hydroxylation is 1. The third kappa shape index (κ3) is 2.74. The first-order chi connectivity index (χ1) is 8.13. The van der Waals surface area contributed by atoms with Crippen molar-refractivity contribution < 1.29 is 0 Å². The fourth-order valence-electron chi connectivity index (χ4n) is 3.03. The van der Waals surface area contributed by atoms with Gasteiger partial charge in [-0.2, -0.15) is 5.10 Å². The van der Waals surface area contributed by atoms with Crippen molar-refractivity contribution >= 4 is 15.9 Å². The van der Waals surface area contributed by atoms with E-state index in [9.17, 15) is 0 Å². The molecular formula is C13H22BrN3. The lowest BCUT2D eigenvalue weighted by molar-refractivity contribution is 0.347. The first kappa shape index (κ1) is 13.1. The molecule has 0 amide bonds. The molecule has 0 aromatic carbocycles. The molecule has 0 spiro atoms. The van der Waals surface area contributed by atoms with Crippen LogP contribution in [0.5, 0.6) is 0 Å². The van der Waals surface area contributed by atoms with E-state index in [0.29, 0.717) is 6.04 Å². The lowest BCUT2D eigenvalue weighted by atomic mass is 9.94. The van der Waals surface area contributed by atoms with Crippen LogP contribution < -0.4 is 5.32 Å². The maximum atomic E-state index is 4.34. The Hall–Kier alpha value is -0.350. The molecule has 0 aliphatic heterocycles. The van der Waals surface area contributed by atoms with E-state index in [-0.39, 0.29) is 0 Å². The van der Waals surface area contributed by atoms with E-state index >= 15 is 0 Å². The largest absolute Gasteiger partial charge is 0.309 e. The third-order valence-corrected chi connectivity index (χ3v) is 4.47. The quantitative estimate of drug-likeness (QED) is 0.925. The molecule has 2 rings (SSSR count). The van der Waals surface area contributed by atoms with Gasteiger partial charge in [-0.05, 0) is 47.2 Å². The Labute approximate surface area is 112 Å². The lowest BCUT2D eigenvalue weighted by Gasteiger charge is -2.25. The summed E-state index contributed by atoms with van der Waals surface area (Å²) in [5.41, 5.74) is 1.30. The summed E-state index contributed by atoms with van der Waals surface area (Å²) in [6.07, 6.45) is 5.92. The molecule has 1 aromatic rings. The molecular weight excluding hydrogens is 278 g/mol. The summed E-state index contributed by atoms with van der Waals surface area (Å²) >= 11 is 3.63. The number of nitrogens with one attached hydrogen (secondary N) is 1. The predicted molar refractivity (Wildman–Crippen MR) is 73.8 cm³/mol. The van der Waals surface area contributed by atoms with Gasteiger partial charge in [0.05, 0.1) is 22.4 Å². The standard InChI is InChI=1S/C13H22BrN3/c1-4-15-12(10-6-5-9(2)7-10)13-11(14)8-16-17(13)3/h8-10,12,15H,4-7H2,1-3H3. The molecule has 3 nitrogen and oxygen atoms in total. The summed E-state index contributed by atoms with van der Waals surface area (Å²) in [5.74, 6) is 1.62. The van der Waals surface area contributed by atoms with E-state index in [1.807, 2.05) is 17.9 Å². The molecule has 1 N–H and O–H groups in total. The molecule has 1 saturated carbocycles. The average molecular weight is 300 g/mol. The van der Waals surface area contributed by atoms with Crippen molar-refractivity contribution in [2.75, 3.05) is 6.54 Å². The normalized spacial score (nSPS) is 26.4. The Morgan fingerprint density at radius 3 is 2.82 bits per heavy atom. The molecule has 1 aliphatic carbocycles. The molecule has 1 fully saturated rings. The Morgan fingerprint density at radius 1 is 1.59 bits per heavy atom. The van der Waals surface area contributed by atoms with Crippen molar-refractivity contribution in [1.29, 1.82) is 0 Å². The van der Waals surface area contributed by atoms with Gasteiger partial charge in [-0.1, -0.05) is 20.3 Å². The van der Waals surface area contributed by atoms with Gasteiger partial charge in [-0.3, -0.25) is 4.68 Å². The maximum Gasteiger partial charge on any atom is 0.0695 e. The molecule has 17 heavy (non-hydrogen) atoms. The van der Waals surface area contributed by atoms with Gasteiger partial charge in [-0.15, -0.1) is 0 Å². The number of rotatable bonds is 4. The number of hydrogen-bond acceptors (Lipinski definition) is 2. The monoisotopic (exact) mass is 299 g/mol. The second-order valence-corrected chi connectivity index (χ2v) is 6.07. The van der Waals surface area contributed by atoms with E-state index in [2.05, 4.69) is 40.2 Å². The summed E-state index contributed by atoms with van der Waals surface area (Å²) < 4.78 is 3.13. The molecule has 4 heteroatoms. The predicted octanol–water partition coefficient (Wildman–Crippen LogP) is 3.27. The van der Waals surface area contributed by atoms with Crippen molar-refractivity contribution in [3.8, 4) is 0 Å². The molecule has 0 saturated heterocycles. The van der Waals surface area contributed by atoms with E-state index in [4.69, 9.17) is 0 Å². The smallest absolute Gasteiger partial charge is 0.0695 e. The number of halogens is 1. The van der Waals surface area contributed by atoms with Gasteiger partial charge in [0.2, 0.25) is 0 Å². The number of aromatic nitrogens is 2. The van der Waals surface area contributed by atoms with E-state index in [1.165, 1.54) is 25.0 Å². The minimum absolute atomic E-state index is 0.437. The zero-order valence-corrected chi connectivity index (χ0v) is 12.5. The first-order valence-electron chi connectivity index (χ1n) is 6.54. The molecule has 3 unspecified atom stereocenters. The van der Waals surface area contributed by atoms with Gasteiger partial charge < -0.3 is 5.32 Å². The van der Waals surface area contributed by atoms with Crippen LogP contribution in [0.1, 0.15) is 44.8 Å². The summed E-state index contributed by atoms with van der Waals surface area (Å²) in [5, 5.41) is 7.98. The highest BCUT2D eigenvalue weighted by atomic mass is 79.9. The van der Waals surface area contributed by atoms with Gasteiger partial charge in [0.1, 0.15) is 0 Å². The highest BCUT2D eigenvalue weighted by molar-refractivity contribution is 9.10. The van der Waals surface area contributed by atoms with Gasteiger partial charge in [0.15, 0.2) is 0 Å². The van der Waals surface area contributed by atoms with E-state index in [1.54, 1.807) is 0 Å². The molecule has 96 valence electrons. The average Bonchev–Trinajstić information content (AvgIpc) is 2.84. The van der Waals surface area contributed by atoms with Crippen LogP contribution in [0.4, 0.5) is 0 Å². The SMILES string of the molecule is CCNC(c1c(Br)cnn1C)C1CCC(C)C1. The Morgan fingerprint density at radius 2 is 2.35 bits per heavy atom. The van der Waals surface area contributed by atoms with Gasteiger partial charge in [0, 0.05) is 7.05 Å². The van der Waals surface area contributed by atoms with Crippen LogP contribution in [0.2, 0.25) is 0 Å². The topological polar surface area (TPSA) is 29.9 Å². The highest BCUT2D eigenvalue weighted by Gasteiger charge is 2.32.